The van der Waals surface area contributed by atoms with E-state index in [2.05, 4.69) is 5.32 Å². The fourth-order valence-corrected chi connectivity index (χ4v) is 2.20. The lowest BCUT2D eigenvalue weighted by atomic mass is 10.2. The van der Waals surface area contributed by atoms with Crippen molar-refractivity contribution in [2.75, 3.05) is 12.4 Å². The molecule has 96 valence electrons. The van der Waals surface area contributed by atoms with Crippen molar-refractivity contribution >= 4 is 22.9 Å². The Morgan fingerprint density at radius 1 is 1.47 bits per heavy atom. The van der Waals surface area contributed by atoms with Crippen LogP contribution >= 0.6 is 11.3 Å². The summed E-state index contributed by atoms with van der Waals surface area (Å²) in [6, 6.07) is 7.04. The second kappa shape index (κ2) is 5.50. The summed E-state index contributed by atoms with van der Waals surface area (Å²) in [6.07, 6.45) is 0. The van der Waals surface area contributed by atoms with E-state index in [1.807, 2.05) is 6.07 Å². The molecule has 19 heavy (non-hydrogen) atoms. The number of nitriles is 1. The van der Waals surface area contributed by atoms with Crippen molar-refractivity contribution < 1.29 is 13.9 Å². The van der Waals surface area contributed by atoms with E-state index in [4.69, 9.17) is 10.00 Å². The second-order valence-corrected chi connectivity index (χ2v) is 4.52. The fourth-order valence-electron chi connectivity index (χ4n) is 1.45. The van der Waals surface area contributed by atoms with E-state index >= 15 is 0 Å². The number of methoxy groups -OCH3 is 1. The first-order valence-electron chi connectivity index (χ1n) is 5.27. The van der Waals surface area contributed by atoms with Gasteiger partial charge in [-0.15, -0.1) is 11.3 Å². The van der Waals surface area contributed by atoms with Gasteiger partial charge >= 0.3 is 0 Å². The van der Waals surface area contributed by atoms with Crippen molar-refractivity contribution in [3.8, 4) is 11.8 Å². The third-order valence-corrected chi connectivity index (χ3v) is 3.29. The predicted molar refractivity (Wildman–Crippen MR) is 69.9 cm³/mol. The monoisotopic (exact) mass is 276 g/mol. The number of carbonyl (C=O) groups excluding carboxylic acids is 1. The molecule has 0 atom stereocenters. The Labute approximate surface area is 113 Å². The number of benzene rings is 1. The van der Waals surface area contributed by atoms with Crippen LogP contribution in [-0.4, -0.2) is 13.0 Å². The van der Waals surface area contributed by atoms with Gasteiger partial charge in [-0.25, -0.2) is 4.39 Å². The number of nitrogens with zero attached hydrogens (tertiary/aromatic N) is 1. The van der Waals surface area contributed by atoms with Crippen LogP contribution in [0.15, 0.2) is 29.6 Å². The van der Waals surface area contributed by atoms with Crippen molar-refractivity contribution in [1.82, 2.24) is 0 Å². The van der Waals surface area contributed by atoms with Crippen LogP contribution in [0.25, 0.3) is 0 Å². The standard InChI is InChI=1S/C13H9FN2O2S/c1-18-10-5-12(19-7-10)13(17)16-11-3-2-9(14)4-8(11)6-15/h2-5,7H,1H3,(H,16,17). The molecule has 0 saturated heterocycles. The Morgan fingerprint density at radius 2 is 2.26 bits per heavy atom. The zero-order valence-electron chi connectivity index (χ0n) is 9.94. The highest BCUT2D eigenvalue weighted by Crippen LogP contribution is 2.23. The molecule has 1 N–H and O–H groups in total. The normalized spacial score (nSPS) is 9.74. The molecule has 1 aromatic heterocycles. The van der Waals surface area contributed by atoms with E-state index in [9.17, 15) is 9.18 Å². The Morgan fingerprint density at radius 3 is 2.89 bits per heavy atom. The zero-order chi connectivity index (χ0) is 13.8. The van der Waals surface area contributed by atoms with Crippen LogP contribution in [0.4, 0.5) is 10.1 Å². The maximum Gasteiger partial charge on any atom is 0.265 e. The zero-order valence-corrected chi connectivity index (χ0v) is 10.8. The van der Waals surface area contributed by atoms with Crippen LogP contribution in [0.3, 0.4) is 0 Å². The van der Waals surface area contributed by atoms with Crippen LogP contribution < -0.4 is 10.1 Å². The molecule has 0 aliphatic rings. The SMILES string of the molecule is COc1csc(C(=O)Nc2ccc(F)cc2C#N)c1. The van der Waals surface area contributed by atoms with Gasteiger partial charge in [-0.1, -0.05) is 0 Å². The summed E-state index contributed by atoms with van der Waals surface area (Å²) in [5.41, 5.74) is 0.359. The maximum absolute atomic E-state index is 13.0. The average molecular weight is 276 g/mol. The van der Waals surface area contributed by atoms with E-state index in [0.717, 1.165) is 6.07 Å². The first kappa shape index (κ1) is 13.1. The highest BCUT2D eigenvalue weighted by atomic mass is 32.1. The smallest absolute Gasteiger partial charge is 0.265 e. The van der Waals surface area contributed by atoms with Gasteiger partial charge in [-0.3, -0.25) is 4.79 Å². The van der Waals surface area contributed by atoms with Crippen LogP contribution in [0.5, 0.6) is 5.75 Å². The Kier molecular flexibility index (Phi) is 3.78. The van der Waals surface area contributed by atoms with E-state index < -0.39 is 5.82 Å². The van der Waals surface area contributed by atoms with Gasteiger partial charge in [-0.05, 0) is 18.2 Å². The van der Waals surface area contributed by atoms with Gasteiger partial charge in [0.25, 0.3) is 5.91 Å². The molecule has 6 heteroatoms. The number of anilines is 1. The molecule has 2 aromatic rings. The molecule has 0 spiro atoms. The van der Waals surface area contributed by atoms with E-state index in [1.165, 1.54) is 30.6 Å². The summed E-state index contributed by atoms with van der Waals surface area (Å²) in [5, 5.41) is 13.2. The quantitative estimate of drug-likeness (QED) is 0.937. The minimum atomic E-state index is -0.521. The minimum Gasteiger partial charge on any atom is -0.496 e. The molecule has 2 rings (SSSR count). The maximum atomic E-state index is 13.0. The lowest BCUT2D eigenvalue weighted by molar-refractivity contribution is 0.103. The van der Waals surface area contributed by atoms with Crippen molar-refractivity contribution in [2.45, 2.75) is 0 Å². The number of rotatable bonds is 3. The summed E-state index contributed by atoms with van der Waals surface area (Å²) in [7, 11) is 1.51. The molecule has 0 radical (unpaired) electrons. The van der Waals surface area contributed by atoms with E-state index in [0.29, 0.717) is 10.6 Å². The molecule has 0 unspecified atom stereocenters. The lowest BCUT2D eigenvalue weighted by Crippen LogP contribution is -2.11. The fraction of sp³-hybridized carbons (Fsp3) is 0.0769. The van der Waals surface area contributed by atoms with Crippen molar-refractivity contribution in [3.63, 3.8) is 0 Å². The van der Waals surface area contributed by atoms with Crippen LogP contribution in [0, 0.1) is 17.1 Å². The third-order valence-electron chi connectivity index (χ3n) is 2.39. The number of thiophene rings is 1. The molecule has 1 amide bonds. The van der Waals surface area contributed by atoms with Crippen LogP contribution in [0.1, 0.15) is 15.2 Å². The lowest BCUT2D eigenvalue weighted by Gasteiger charge is -2.05. The van der Waals surface area contributed by atoms with Gasteiger partial charge in [0.05, 0.1) is 23.2 Å². The molecule has 1 heterocycles. The summed E-state index contributed by atoms with van der Waals surface area (Å²) >= 11 is 1.22. The van der Waals surface area contributed by atoms with Gasteiger partial charge in [0, 0.05) is 11.4 Å². The van der Waals surface area contributed by atoms with Gasteiger partial charge < -0.3 is 10.1 Å². The Hall–Kier alpha value is -2.39. The molecular formula is C13H9FN2O2S. The second-order valence-electron chi connectivity index (χ2n) is 3.61. The highest BCUT2D eigenvalue weighted by Gasteiger charge is 2.12. The van der Waals surface area contributed by atoms with E-state index in [1.54, 1.807) is 11.4 Å². The number of hydrogen-bond acceptors (Lipinski definition) is 4. The summed E-state index contributed by atoms with van der Waals surface area (Å²) < 4.78 is 17.9. The largest absolute Gasteiger partial charge is 0.496 e. The number of nitrogens with one attached hydrogen (secondary N) is 1. The van der Waals surface area contributed by atoms with Crippen molar-refractivity contribution in [1.29, 1.82) is 5.26 Å². The number of hydrogen-bond donors (Lipinski definition) is 1. The summed E-state index contributed by atoms with van der Waals surface area (Å²) in [5.74, 6) is -0.293. The summed E-state index contributed by atoms with van der Waals surface area (Å²) in [4.78, 5) is 12.4. The van der Waals surface area contributed by atoms with E-state index in [-0.39, 0.29) is 17.2 Å². The van der Waals surface area contributed by atoms with Gasteiger partial charge in [0.1, 0.15) is 17.6 Å². The van der Waals surface area contributed by atoms with Crippen LogP contribution in [0.2, 0.25) is 0 Å². The van der Waals surface area contributed by atoms with Crippen molar-refractivity contribution in [2.24, 2.45) is 0 Å². The molecule has 0 aliphatic heterocycles. The molecule has 0 saturated carbocycles. The van der Waals surface area contributed by atoms with Crippen LogP contribution in [-0.2, 0) is 0 Å². The molecule has 1 aromatic carbocycles. The Bertz CT molecular complexity index is 661. The molecule has 0 aliphatic carbocycles. The van der Waals surface area contributed by atoms with Crippen molar-refractivity contribution in [3.05, 3.63) is 45.9 Å². The minimum absolute atomic E-state index is 0.0804. The highest BCUT2D eigenvalue weighted by molar-refractivity contribution is 7.12. The molecule has 0 fully saturated rings. The predicted octanol–water partition coefficient (Wildman–Crippen LogP) is 3.02. The number of amides is 1. The van der Waals surface area contributed by atoms with Gasteiger partial charge in [-0.2, -0.15) is 5.26 Å². The molecular weight excluding hydrogens is 267 g/mol. The third kappa shape index (κ3) is 2.89. The number of halogens is 1. The summed E-state index contributed by atoms with van der Waals surface area (Å²) in [6.45, 7) is 0. The average Bonchev–Trinajstić information content (AvgIpc) is 2.89. The molecule has 0 bridgehead atoms. The number of ether oxygens (including phenoxy) is 1. The number of carbonyl (C=O) groups is 1. The van der Waals surface area contributed by atoms with Gasteiger partial charge in [0.2, 0.25) is 0 Å². The first-order valence-corrected chi connectivity index (χ1v) is 6.15. The van der Waals surface area contributed by atoms with Gasteiger partial charge in [0.15, 0.2) is 0 Å². The topological polar surface area (TPSA) is 62.1 Å². The molecule has 4 nitrogen and oxygen atoms in total. The first-order chi connectivity index (χ1) is 9.13. The Balaban J connectivity index is 2.22.